The van der Waals surface area contributed by atoms with E-state index in [9.17, 15) is 13.2 Å². The summed E-state index contributed by atoms with van der Waals surface area (Å²) < 4.78 is 27.3. The summed E-state index contributed by atoms with van der Waals surface area (Å²) in [6.45, 7) is 3.75. The molecular formula is C19H24N2O3S3. The molecule has 146 valence electrons. The predicted molar refractivity (Wildman–Crippen MR) is 109 cm³/mol. The highest BCUT2D eigenvalue weighted by Gasteiger charge is 2.37. The number of sulfonamides is 1. The number of piperidine rings is 1. The van der Waals surface area contributed by atoms with E-state index in [4.69, 9.17) is 0 Å². The number of thiophene rings is 2. The van der Waals surface area contributed by atoms with Crippen LogP contribution in [0.3, 0.4) is 0 Å². The molecule has 0 N–H and O–H groups in total. The van der Waals surface area contributed by atoms with Gasteiger partial charge in [0.25, 0.3) is 10.0 Å². The summed E-state index contributed by atoms with van der Waals surface area (Å²) in [6.07, 6.45) is 3.06. The maximum Gasteiger partial charge on any atom is 0.252 e. The van der Waals surface area contributed by atoms with Crippen molar-refractivity contribution in [3.8, 4) is 0 Å². The Hall–Kier alpha value is -1.22. The molecule has 2 aliphatic rings. The minimum Gasteiger partial charge on any atom is -0.335 e. The molecule has 2 aromatic heterocycles. The van der Waals surface area contributed by atoms with Crippen LogP contribution in [0.25, 0.3) is 0 Å². The van der Waals surface area contributed by atoms with E-state index in [1.165, 1.54) is 26.1 Å². The number of carbonyl (C=O) groups is 1. The van der Waals surface area contributed by atoms with E-state index in [0.29, 0.717) is 30.1 Å². The zero-order valence-electron chi connectivity index (χ0n) is 15.3. The van der Waals surface area contributed by atoms with Crippen LogP contribution >= 0.6 is 22.7 Å². The fourth-order valence-electron chi connectivity index (χ4n) is 4.22. The molecule has 0 spiro atoms. The van der Waals surface area contributed by atoms with Crippen LogP contribution in [0.15, 0.2) is 33.2 Å². The minimum atomic E-state index is -3.41. The SMILES string of the molecule is CC[C@H]1c2ccsc2CCN1C(=O)C1CCN(S(=O)(=O)c2cccs2)CC1. The molecule has 2 aromatic rings. The molecule has 0 radical (unpaired) electrons. The van der Waals surface area contributed by atoms with Crippen LogP contribution in [0.2, 0.25) is 0 Å². The van der Waals surface area contributed by atoms with Gasteiger partial charge in [-0.05, 0) is 54.1 Å². The van der Waals surface area contributed by atoms with Gasteiger partial charge in [0.1, 0.15) is 4.21 Å². The van der Waals surface area contributed by atoms with Gasteiger partial charge < -0.3 is 4.90 Å². The molecule has 27 heavy (non-hydrogen) atoms. The van der Waals surface area contributed by atoms with Crippen LogP contribution in [0.4, 0.5) is 0 Å². The smallest absolute Gasteiger partial charge is 0.252 e. The van der Waals surface area contributed by atoms with Crippen molar-refractivity contribution < 1.29 is 13.2 Å². The van der Waals surface area contributed by atoms with E-state index in [2.05, 4.69) is 18.4 Å². The first kappa shape index (κ1) is 19.1. The Bertz CT molecular complexity index is 897. The van der Waals surface area contributed by atoms with Crippen LogP contribution in [-0.2, 0) is 21.2 Å². The second-order valence-electron chi connectivity index (χ2n) is 7.12. The molecule has 1 saturated heterocycles. The van der Waals surface area contributed by atoms with Gasteiger partial charge in [-0.1, -0.05) is 13.0 Å². The normalized spacial score (nSPS) is 22.0. The predicted octanol–water partition coefficient (Wildman–Crippen LogP) is 3.75. The Morgan fingerprint density at radius 3 is 2.59 bits per heavy atom. The van der Waals surface area contributed by atoms with Gasteiger partial charge in [0.05, 0.1) is 6.04 Å². The molecule has 0 aliphatic carbocycles. The lowest BCUT2D eigenvalue weighted by molar-refractivity contribution is -0.139. The number of fused-ring (bicyclic) bond motifs is 1. The highest BCUT2D eigenvalue weighted by Crippen LogP contribution is 2.37. The minimum absolute atomic E-state index is 0.0750. The Kier molecular flexibility index (Phi) is 5.42. The van der Waals surface area contributed by atoms with Crippen molar-refractivity contribution in [1.29, 1.82) is 0 Å². The maximum atomic E-state index is 13.2. The second kappa shape index (κ2) is 7.66. The third-order valence-corrected chi connectivity index (χ3v) is 9.93. The summed E-state index contributed by atoms with van der Waals surface area (Å²) in [6, 6.07) is 5.73. The summed E-state index contributed by atoms with van der Waals surface area (Å²) >= 11 is 3.03. The molecule has 1 amide bonds. The standard InChI is InChI=1S/C19H24N2O3S3/c1-2-16-15-8-13-25-17(15)7-11-21(16)19(22)14-5-9-20(10-6-14)27(23,24)18-4-3-12-26-18/h3-4,8,12-14,16H,2,5-7,9-11H2,1H3/t16-/m0/s1. The maximum absolute atomic E-state index is 13.2. The van der Waals surface area contributed by atoms with Crippen molar-refractivity contribution in [2.24, 2.45) is 5.92 Å². The monoisotopic (exact) mass is 424 g/mol. The van der Waals surface area contributed by atoms with Crippen molar-refractivity contribution in [1.82, 2.24) is 9.21 Å². The first-order chi connectivity index (χ1) is 13.0. The van der Waals surface area contributed by atoms with Crippen molar-refractivity contribution >= 4 is 38.6 Å². The van der Waals surface area contributed by atoms with E-state index in [0.717, 1.165) is 19.4 Å². The first-order valence-electron chi connectivity index (χ1n) is 9.42. The fourth-order valence-corrected chi connectivity index (χ4v) is 7.76. The first-order valence-corrected chi connectivity index (χ1v) is 12.6. The highest BCUT2D eigenvalue weighted by molar-refractivity contribution is 7.91. The fraction of sp³-hybridized carbons (Fsp3) is 0.526. The van der Waals surface area contributed by atoms with Gasteiger partial charge in [-0.3, -0.25) is 4.79 Å². The van der Waals surface area contributed by atoms with Crippen LogP contribution < -0.4 is 0 Å². The van der Waals surface area contributed by atoms with Crippen LogP contribution in [0, 0.1) is 5.92 Å². The lowest BCUT2D eigenvalue weighted by atomic mass is 9.92. The Balaban J connectivity index is 1.43. The molecule has 4 heterocycles. The van der Waals surface area contributed by atoms with Crippen LogP contribution in [0.1, 0.15) is 42.7 Å². The topological polar surface area (TPSA) is 57.7 Å². The Morgan fingerprint density at radius 2 is 1.93 bits per heavy atom. The number of carbonyl (C=O) groups excluding carboxylic acids is 1. The van der Waals surface area contributed by atoms with Gasteiger partial charge in [-0.15, -0.1) is 22.7 Å². The van der Waals surface area contributed by atoms with Crippen molar-refractivity contribution in [2.75, 3.05) is 19.6 Å². The van der Waals surface area contributed by atoms with E-state index < -0.39 is 10.0 Å². The molecule has 2 aliphatic heterocycles. The molecule has 0 bridgehead atoms. The van der Waals surface area contributed by atoms with Crippen molar-refractivity contribution in [3.63, 3.8) is 0 Å². The van der Waals surface area contributed by atoms with Gasteiger partial charge in [0, 0.05) is 30.4 Å². The van der Waals surface area contributed by atoms with Crippen molar-refractivity contribution in [2.45, 2.75) is 42.9 Å². The van der Waals surface area contributed by atoms with Gasteiger partial charge in [-0.2, -0.15) is 4.31 Å². The lowest BCUT2D eigenvalue weighted by Crippen LogP contribution is -2.47. The molecule has 4 rings (SSSR count). The number of hydrogen-bond acceptors (Lipinski definition) is 5. The third kappa shape index (κ3) is 3.48. The molecule has 0 aromatic carbocycles. The van der Waals surface area contributed by atoms with E-state index in [1.54, 1.807) is 28.8 Å². The lowest BCUT2D eigenvalue weighted by Gasteiger charge is -2.39. The quantitative estimate of drug-likeness (QED) is 0.751. The van der Waals surface area contributed by atoms with Gasteiger partial charge in [0.2, 0.25) is 5.91 Å². The highest BCUT2D eigenvalue weighted by atomic mass is 32.2. The molecule has 0 saturated carbocycles. The van der Waals surface area contributed by atoms with Crippen LogP contribution in [-0.4, -0.2) is 43.2 Å². The molecule has 1 fully saturated rings. The van der Waals surface area contributed by atoms with Gasteiger partial charge >= 0.3 is 0 Å². The van der Waals surface area contributed by atoms with Crippen molar-refractivity contribution in [3.05, 3.63) is 39.4 Å². The van der Waals surface area contributed by atoms with Gasteiger partial charge in [-0.25, -0.2) is 8.42 Å². The number of nitrogens with zero attached hydrogens (tertiary/aromatic N) is 2. The number of amides is 1. The molecule has 1 atom stereocenters. The van der Waals surface area contributed by atoms with Crippen LogP contribution in [0.5, 0.6) is 0 Å². The largest absolute Gasteiger partial charge is 0.335 e. The summed E-state index contributed by atoms with van der Waals surface area (Å²) in [7, 11) is -3.41. The summed E-state index contributed by atoms with van der Waals surface area (Å²) in [5.41, 5.74) is 1.31. The Labute approximate surface area is 168 Å². The third-order valence-electron chi connectivity index (χ3n) is 5.66. The Morgan fingerprint density at radius 1 is 1.15 bits per heavy atom. The molecule has 5 nitrogen and oxygen atoms in total. The second-order valence-corrected chi connectivity index (χ2v) is 11.2. The van der Waals surface area contributed by atoms with E-state index in [1.807, 2.05) is 4.90 Å². The summed E-state index contributed by atoms with van der Waals surface area (Å²) in [5, 5.41) is 3.90. The molecule has 0 unspecified atom stereocenters. The zero-order chi connectivity index (χ0) is 19.0. The summed E-state index contributed by atoms with van der Waals surface area (Å²) in [4.78, 5) is 16.7. The number of rotatable bonds is 4. The van der Waals surface area contributed by atoms with E-state index >= 15 is 0 Å². The molecular weight excluding hydrogens is 400 g/mol. The summed E-state index contributed by atoms with van der Waals surface area (Å²) in [5.74, 6) is 0.126. The number of hydrogen-bond donors (Lipinski definition) is 0. The average molecular weight is 425 g/mol. The van der Waals surface area contributed by atoms with E-state index in [-0.39, 0.29) is 17.9 Å². The van der Waals surface area contributed by atoms with Gasteiger partial charge in [0.15, 0.2) is 0 Å². The average Bonchev–Trinajstić information content (AvgIpc) is 3.38. The zero-order valence-corrected chi connectivity index (χ0v) is 17.8. The molecule has 8 heteroatoms.